The molecule has 69 heavy (non-hydrogen) atoms. The van der Waals surface area contributed by atoms with Gasteiger partial charge < -0.3 is 58.0 Å². The molecular formula is C50H63N9O10. The number of carbonyl (C=O) groups is 7. The van der Waals surface area contributed by atoms with E-state index in [1.165, 1.54) is 6.92 Å². The molecule has 0 aliphatic heterocycles. The van der Waals surface area contributed by atoms with Gasteiger partial charge >= 0.3 is 12.1 Å². The van der Waals surface area contributed by atoms with Gasteiger partial charge in [0.15, 0.2) is 5.96 Å². The van der Waals surface area contributed by atoms with Gasteiger partial charge in [-0.2, -0.15) is 0 Å². The molecule has 19 nitrogen and oxygen atoms in total. The number of ether oxygens (including phenoxy) is 3. The molecule has 0 aliphatic carbocycles. The molecule has 0 aromatic heterocycles. The minimum absolute atomic E-state index is 0.000992. The van der Waals surface area contributed by atoms with Crippen molar-refractivity contribution in [1.82, 2.24) is 26.6 Å². The molecule has 11 N–H and O–H groups in total. The summed E-state index contributed by atoms with van der Waals surface area (Å²) in [6.07, 6.45) is -0.840. The highest BCUT2D eigenvalue weighted by molar-refractivity contribution is 5.96. The average Bonchev–Trinajstić information content (AvgIpc) is 3.33. The first kappa shape index (κ1) is 53.8. The van der Waals surface area contributed by atoms with Crippen molar-refractivity contribution in [2.45, 2.75) is 96.3 Å². The maximum Gasteiger partial charge on any atom is 0.516 e. The smallest absolute Gasteiger partial charge is 0.489 e. The van der Waals surface area contributed by atoms with E-state index in [1.54, 1.807) is 84.9 Å². The predicted octanol–water partition coefficient (Wildman–Crippen LogP) is 2.43. The van der Waals surface area contributed by atoms with Gasteiger partial charge in [-0.1, -0.05) is 117 Å². The number of nitrogens with two attached hydrogens (primary N) is 3. The molecule has 0 radical (unpaired) electrons. The van der Waals surface area contributed by atoms with Crippen molar-refractivity contribution in [2.75, 3.05) is 13.1 Å². The molecule has 0 aliphatic rings. The monoisotopic (exact) mass is 949 g/mol. The summed E-state index contributed by atoms with van der Waals surface area (Å²) in [4.78, 5) is 96.9. The highest BCUT2D eigenvalue weighted by atomic mass is 16.7. The van der Waals surface area contributed by atoms with Crippen LogP contribution in [0.2, 0.25) is 0 Å². The summed E-state index contributed by atoms with van der Waals surface area (Å²) in [6.45, 7) is 4.85. The molecule has 4 aromatic rings. The normalized spacial score (nSPS) is 12.9. The van der Waals surface area contributed by atoms with Crippen LogP contribution in [0, 0.1) is 5.92 Å². The number of hydrogen-bond donors (Lipinski definition) is 8. The molecule has 0 heterocycles. The Morgan fingerprint density at radius 2 is 1.14 bits per heavy atom. The number of nitrogens with zero attached hydrogens (tertiary/aromatic N) is 1. The van der Waals surface area contributed by atoms with Crippen molar-refractivity contribution in [3.8, 4) is 5.75 Å². The first-order valence-corrected chi connectivity index (χ1v) is 22.6. The summed E-state index contributed by atoms with van der Waals surface area (Å²) in [5, 5.41) is 13.0. The number of hydrogen-bond acceptors (Lipinski definition) is 12. The van der Waals surface area contributed by atoms with Crippen LogP contribution in [0.4, 0.5) is 4.79 Å². The average molecular weight is 950 g/mol. The van der Waals surface area contributed by atoms with Gasteiger partial charge in [0.05, 0.1) is 12.6 Å². The zero-order chi connectivity index (χ0) is 50.1. The van der Waals surface area contributed by atoms with Crippen LogP contribution in [-0.2, 0) is 64.3 Å². The number of benzene rings is 4. The Morgan fingerprint density at radius 3 is 1.74 bits per heavy atom. The van der Waals surface area contributed by atoms with Gasteiger partial charge in [-0.3, -0.25) is 29.0 Å². The van der Waals surface area contributed by atoms with E-state index in [0.717, 1.165) is 11.1 Å². The van der Waals surface area contributed by atoms with Crippen LogP contribution in [0.15, 0.2) is 120 Å². The van der Waals surface area contributed by atoms with E-state index in [2.05, 4.69) is 31.6 Å². The van der Waals surface area contributed by atoms with Crippen LogP contribution in [0.1, 0.15) is 62.3 Å². The predicted molar refractivity (Wildman–Crippen MR) is 258 cm³/mol. The Hall–Kier alpha value is -7.80. The summed E-state index contributed by atoms with van der Waals surface area (Å²) in [5.74, 6) is -4.29. The molecular weight excluding hydrogens is 887 g/mol. The zero-order valence-corrected chi connectivity index (χ0v) is 39.1. The highest BCUT2D eigenvalue weighted by Crippen LogP contribution is 2.16. The quantitative estimate of drug-likeness (QED) is 0.0148. The van der Waals surface area contributed by atoms with Crippen molar-refractivity contribution in [2.24, 2.45) is 28.1 Å². The third-order valence-corrected chi connectivity index (χ3v) is 10.3. The second-order valence-corrected chi connectivity index (χ2v) is 16.6. The van der Waals surface area contributed by atoms with Crippen LogP contribution in [0.5, 0.6) is 5.75 Å². The van der Waals surface area contributed by atoms with Gasteiger partial charge in [0.1, 0.15) is 43.1 Å². The number of carbonyl (C=O) groups excluding carboxylic acids is 7. The molecule has 19 heteroatoms. The Bertz CT molecular complexity index is 2310. The van der Waals surface area contributed by atoms with Crippen molar-refractivity contribution in [3.05, 3.63) is 138 Å². The number of nitrogens with one attached hydrogen (secondary N) is 5. The van der Waals surface area contributed by atoms with Crippen molar-refractivity contribution in [1.29, 1.82) is 0 Å². The van der Waals surface area contributed by atoms with Gasteiger partial charge in [-0.05, 0) is 72.9 Å². The molecule has 0 unspecified atom stereocenters. The molecule has 368 valence electrons. The van der Waals surface area contributed by atoms with E-state index >= 15 is 0 Å². The molecule has 0 bridgehead atoms. The lowest BCUT2D eigenvalue weighted by atomic mass is 10.0. The molecule has 0 fully saturated rings. The van der Waals surface area contributed by atoms with E-state index in [4.69, 9.17) is 31.4 Å². The van der Waals surface area contributed by atoms with Crippen LogP contribution in [0.25, 0.3) is 0 Å². The maximum absolute atomic E-state index is 14.0. The molecule has 4 rings (SSSR count). The maximum atomic E-state index is 14.0. The zero-order valence-electron chi connectivity index (χ0n) is 39.1. The van der Waals surface area contributed by atoms with Crippen molar-refractivity contribution < 1.29 is 47.8 Å². The van der Waals surface area contributed by atoms with Crippen LogP contribution >= 0.6 is 0 Å². The van der Waals surface area contributed by atoms with E-state index in [9.17, 15) is 33.6 Å². The number of aliphatic imine (C=N–C) groups is 1. The minimum Gasteiger partial charge on any atom is -0.489 e. The fourth-order valence-electron chi connectivity index (χ4n) is 6.72. The van der Waals surface area contributed by atoms with E-state index in [1.807, 2.05) is 44.2 Å². The summed E-state index contributed by atoms with van der Waals surface area (Å²) in [6, 6.07) is 28.5. The van der Waals surface area contributed by atoms with Crippen LogP contribution in [0.3, 0.4) is 0 Å². The molecule has 0 saturated carbocycles. The largest absolute Gasteiger partial charge is 0.516 e. The number of rotatable bonds is 26. The second kappa shape index (κ2) is 28.4. The van der Waals surface area contributed by atoms with Crippen LogP contribution in [-0.4, -0.2) is 90.9 Å². The van der Waals surface area contributed by atoms with Crippen molar-refractivity contribution in [3.63, 3.8) is 0 Å². The van der Waals surface area contributed by atoms with Gasteiger partial charge in [-0.15, -0.1) is 0 Å². The Labute approximate surface area is 401 Å². The lowest BCUT2D eigenvalue weighted by Crippen LogP contribution is -2.57. The minimum atomic E-state index is -1.38. The second-order valence-electron chi connectivity index (χ2n) is 16.6. The highest BCUT2D eigenvalue weighted by Gasteiger charge is 2.32. The lowest BCUT2D eigenvalue weighted by molar-refractivity contribution is -0.145. The van der Waals surface area contributed by atoms with Gasteiger partial charge in [0, 0.05) is 13.0 Å². The molecule has 4 aromatic carbocycles. The molecule has 0 saturated heterocycles. The van der Waals surface area contributed by atoms with Gasteiger partial charge in [0.2, 0.25) is 29.5 Å². The van der Waals surface area contributed by atoms with E-state index < -0.39 is 78.4 Å². The molecule has 5 amide bonds. The topological polar surface area (TPSA) is 298 Å². The standard InChI is InChI=1S/C50H63N9O10/c1-32(2)26-41(46(63)58-40(20-13-25-54-49(52)53)48(65)69-50(66)68-31-37-18-11-6-12-19-37)59-47(64)42(28-34-14-7-4-8-15-34)57-43(60)29-55-44(61)33(3)56-45(62)39(51)27-35-21-23-38(24-22-35)67-30-36-16-9-5-10-17-36/h4-12,14-19,21-24,32-33,39-42H,13,20,25-31,51H2,1-3H3,(H,55,61)(H,56,62)(H,57,60)(H,58,63)(H,59,64)(H4,52,53,54)/t33-,39+,40+,41+,42+/m1/s1. The van der Waals surface area contributed by atoms with E-state index in [-0.39, 0.29) is 57.1 Å². The summed E-state index contributed by atoms with van der Waals surface area (Å²) in [7, 11) is 0. The fraction of sp³-hybridized carbons (Fsp3) is 0.360. The third-order valence-electron chi connectivity index (χ3n) is 10.3. The Kier molecular flexibility index (Phi) is 22.1. The molecule has 0 spiro atoms. The Balaban J connectivity index is 1.34. The van der Waals surface area contributed by atoms with Crippen molar-refractivity contribution >= 4 is 47.6 Å². The fourth-order valence-corrected chi connectivity index (χ4v) is 6.72. The SMILES string of the molecule is CC(C)C[C@H](NC(=O)[C@H](Cc1ccccc1)NC(=O)CNC(=O)[C@@H](C)NC(=O)[C@@H](N)Cc1ccc(OCc2ccccc2)cc1)C(=O)N[C@@H](CCCN=C(N)N)C(=O)OC(=O)OCc1ccccc1. The summed E-state index contributed by atoms with van der Waals surface area (Å²) >= 11 is 0. The lowest BCUT2D eigenvalue weighted by Gasteiger charge is -2.26. The first-order chi connectivity index (χ1) is 33.1. The van der Waals surface area contributed by atoms with Crippen LogP contribution < -0.4 is 48.5 Å². The van der Waals surface area contributed by atoms with Gasteiger partial charge in [-0.25, -0.2) is 9.59 Å². The first-order valence-electron chi connectivity index (χ1n) is 22.6. The third kappa shape index (κ3) is 20.3. The van der Waals surface area contributed by atoms with E-state index in [0.29, 0.717) is 23.5 Å². The number of guanidine groups is 1. The summed E-state index contributed by atoms with van der Waals surface area (Å²) < 4.78 is 15.8. The number of esters is 1. The Morgan fingerprint density at radius 1 is 0.594 bits per heavy atom. The number of amides is 5. The van der Waals surface area contributed by atoms with Gasteiger partial charge in [0.25, 0.3) is 0 Å². The summed E-state index contributed by atoms with van der Waals surface area (Å²) in [5.41, 5.74) is 20.2. The molecule has 5 atom stereocenters.